The third-order valence-corrected chi connectivity index (χ3v) is 2.20. The molecule has 0 N–H and O–H groups in total. The molecule has 0 amide bonds. The number of benzene rings is 1. The summed E-state index contributed by atoms with van der Waals surface area (Å²) in [5.41, 5.74) is -0.514. The molecule has 0 unspecified atom stereocenters. The molecule has 2 nitrogen and oxygen atoms in total. The van der Waals surface area contributed by atoms with Crippen LogP contribution in [-0.2, 0) is 4.79 Å². The summed E-state index contributed by atoms with van der Waals surface area (Å²) < 4.78 is 0. The number of carbonyl (C=O) groups is 2. The van der Waals surface area contributed by atoms with E-state index in [1.54, 1.807) is 38.1 Å². The summed E-state index contributed by atoms with van der Waals surface area (Å²) in [6.45, 7) is 3.17. The lowest BCUT2D eigenvalue weighted by atomic mass is 9.86. The smallest absolute Gasteiger partial charge is 0.175 e. The largest absolute Gasteiger partial charge is 0.302 e. The van der Waals surface area contributed by atoms with Gasteiger partial charge >= 0.3 is 0 Å². The lowest BCUT2D eigenvalue weighted by Crippen LogP contribution is -2.25. The summed E-state index contributed by atoms with van der Waals surface area (Å²) in [6.07, 6.45) is 0.649. The van der Waals surface area contributed by atoms with Gasteiger partial charge in [-0.05, 0) is 26.0 Å². The van der Waals surface area contributed by atoms with Crippen molar-refractivity contribution in [3.05, 3.63) is 34.9 Å². The van der Waals surface area contributed by atoms with Crippen molar-refractivity contribution in [2.24, 2.45) is 5.41 Å². The lowest BCUT2D eigenvalue weighted by Gasteiger charge is -2.14. The molecule has 0 saturated heterocycles. The van der Waals surface area contributed by atoms with Gasteiger partial charge in [-0.15, -0.1) is 0 Å². The minimum atomic E-state index is -0.981. The second-order valence-corrected chi connectivity index (χ2v) is 4.12. The van der Waals surface area contributed by atoms with E-state index in [4.69, 9.17) is 11.6 Å². The molecule has 1 aromatic carbocycles. The minimum absolute atomic E-state index is 0.213. The van der Waals surface area contributed by atoms with Gasteiger partial charge in [0.05, 0.1) is 5.41 Å². The number of Topliss-reactive ketones (excluding diaryl/α,β-unsaturated/α-hetero) is 1. The molecule has 3 heteroatoms. The van der Waals surface area contributed by atoms with Crippen LogP contribution in [0.4, 0.5) is 0 Å². The molecule has 0 fully saturated rings. The zero-order valence-electron chi connectivity index (χ0n) is 8.08. The van der Waals surface area contributed by atoms with Crippen LogP contribution in [0.15, 0.2) is 24.3 Å². The van der Waals surface area contributed by atoms with E-state index in [0.29, 0.717) is 16.9 Å². The Morgan fingerprint density at radius 1 is 1.43 bits per heavy atom. The van der Waals surface area contributed by atoms with E-state index in [9.17, 15) is 9.59 Å². The molecule has 0 spiro atoms. The van der Waals surface area contributed by atoms with Crippen molar-refractivity contribution in [3.63, 3.8) is 0 Å². The summed E-state index contributed by atoms with van der Waals surface area (Å²) in [7, 11) is 0. The fourth-order valence-electron chi connectivity index (χ4n) is 1.06. The monoisotopic (exact) mass is 210 g/mol. The Hall–Kier alpha value is -1.15. The summed E-state index contributed by atoms with van der Waals surface area (Å²) in [5, 5.41) is 0.498. The van der Waals surface area contributed by atoms with Crippen LogP contribution in [0.1, 0.15) is 24.2 Å². The Bertz CT molecular complexity index is 369. The first-order valence-corrected chi connectivity index (χ1v) is 4.62. The molecule has 0 radical (unpaired) electrons. The molecule has 1 rings (SSSR count). The van der Waals surface area contributed by atoms with Crippen molar-refractivity contribution in [2.45, 2.75) is 13.8 Å². The van der Waals surface area contributed by atoms with Crippen LogP contribution < -0.4 is 0 Å². The van der Waals surface area contributed by atoms with Crippen molar-refractivity contribution >= 4 is 23.7 Å². The zero-order valence-corrected chi connectivity index (χ0v) is 8.84. The summed E-state index contributed by atoms with van der Waals surface area (Å²) in [4.78, 5) is 22.4. The molecule has 0 aliphatic rings. The maximum absolute atomic E-state index is 11.8. The van der Waals surface area contributed by atoms with Crippen molar-refractivity contribution in [2.75, 3.05) is 0 Å². The van der Waals surface area contributed by atoms with E-state index in [0.717, 1.165) is 0 Å². The zero-order chi connectivity index (χ0) is 10.8. The third-order valence-electron chi connectivity index (χ3n) is 1.97. The maximum Gasteiger partial charge on any atom is 0.175 e. The van der Waals surface area contributed by atoms with Crippen LogP contribution in [0.2, 0.25) is 5.02 Å². The van der Waals surface area contributed by atoms with Crippen LogP contribution in [0.5, 0.6) is 0 Å². The van der Waals surface area contributed by atoms with Gasteiger partial charge in [-0.25, -0.2) is 0 Å². The van der Waals surface area contributed by atoms with E-state index in [-0.39, 0.29) is 5.78 Å². The molecule has 0 aromatic heterocycles. The highest BCUT2D eigenvalue weighted by Gasteiger charge is 2.27. The number of ketones is 1. The highest BCUT2D eigenvalue weighted by atomic mass is 35.5. The number of halogens is 1. The quantitative estimate of drug-likeness (QED) is 0.437. The Labute approximate surface area is 87.9 Å². The predicted molar refractivity (Wildman–Crippen MR) is 55.6 cm³/mol. The number of aldehydes is 1. The molecule has 0 saturated carbocycles. The molecule has 0 bridgehead atoms. The fraction of sp³-hybridized carbons (Fsp3) is 0.273. The normalized spacial score (nSPS) is 11.1. The van der Waals surface area contributed by atoms with Gasteiger partial charge in [-0.2, -0.15) is 0 Å². The highest BCUT2D eigenvalue weighted by molar-refractivity contribution is 6.31. The Morgan fingerprint density at radius 2 is 2.07 bits per heavy atom. The SMILES string of the molecule is CC(C)(C=O)C(=O)c1cccc(Cl)c1. The van der Waals surface area contributed by atoms with Gasteiger partial charge < -0.3 is 4.79 Å². The van der Waals surface area contributed by atoms with Crippen molar-refractivity contribution in [3.8, 4) is 0 Å². The first kappa shape index (κ1) is 10.9. The van der Waals surface area contributed by atoms with Gasteiger partial charge in [-0.1, -0.05) is 23.7 Å². The average molecular weight is 211 g/mol. The molecule has 0 aliphatic carbocycles. The Balaban J connectivity index is 3.07. The lowest BCUT2D eigenvalue weighted by molar-refractivity contribution is -0.112. The van der Waals surface area contributed by atoms with Gasteiger partial charge in [0, 0.05) is 10.6 Å². The second kappa shape index (κ2) is 3.93. The predicted octanol–water partition coefficient (Wildman–Crippen LogP) is 2.75. The molecule has 0 heterocycles. The standard InChI is InChI=1S/C11H11ClO2/c1-11(2,7-13)10(14)8-4-3-5-9(12)6-8/h3-7H,1-2H3. The second-order valence-electron chi connectivity index (χ2n) is 3.68. The summed E-state index contributed by atoms with van der Waals surface area (Å²) in [6, 6.07) is 6.59. The van der Waals surface area contributed by atoms with Gasteiger partial charge in [-0.3, -0.25) is 4.79 Å². The molecule has 1 aromatic rings. The van der Waals surface area contributed by atoms with Crippen LogP contribution in [0, 0.1) is 5.41 Å². The Kier molecular flexibility index (Phi) is 3.06. The molecule has 0 atom stereocenters. The van der Waals surface area contributed by atoms with E-state index >= 15 is 0 Å². The van der Waals surface area contributed by atoms with E-state index < -0.39 is 5.41 Å². The molecular weight excluding hydrogens is 200 g/mol. The number of carbonyl (C=O) groups excluding carboxylic acids is 2. The molecule has 0 aliphatic heterocycles. The van der Waals surface area contributed by atoms with Crippen molar-refractivity contribution < 1.29 is 9.59 Å². The van der Waals surface area contributed by atoms with E-state index in [1.165, 1.54) is 0 Å². The summed E-state index contributed by atoms with van der Waals surface area (Å²) in [5.74, 6) is -0.213. The van der Waals surface area contributed by atoms with Gasteiger partial charge in [0.1, 0.15) is 6.29 Å². The topological polar surface area (TPSA) is 34.1 Å². The van der Waals surface area contributed by atoms with Gasteiger partial charge in [0.25, 0.3) is 0 Å². The third kappa shape index (κ3) is 2.20. The maximum atomic E-state index is 11.8. The van der Waals surface area contributed by atoms with Gasteiger partial charge in [0.2, 0.25) is 0 Å². The number of hydrogen-bond acceptors (Lipinski definition) is 2. The molecule has 74 valence electrons. The fourth-order valence-corrected chi connectivity index (χ4v) is 1.25. The van der Waals surface area contributed by atoms with E-state index in [1.807, 2.05) is 0 Å². The highest BCUT2D eigenvalue weighted by Crippen LogP contribution is 2.21. The first-order chi connectivity index (χ1) is 6.47. The number of rotatable bonds is 3. The van der Waals surface area contributed by atoms with Gasteiger partial charge in [0.15, 0.2) is 5.78 Å². The molecule has 14 heavy (non-hydrogen) atoms. The molecular formula is C11H11ClO2. The average Bonchev–Trinajstić information content (AvgIpc) is 2.16. The van der Waals surface area contributed by atoms with Crippen LogP contribution >= 0.6 is 11.6 Å². The summed E-state index contributed by atoms with van der Waals surface area (Å²) >= 11 is 5.74. The Morgan fingerprint density at radius 3 is 2.57 bits per heavy atom. The van der Waals surface area contributed by atoms with Crippen molar-refractivity contribution in [1.29, 1.82) is 0 Å². The van der Waals surface area contributed by atoms with Crippen molar-refractivity contribution in [1.82, 2.24) is 0 Å². The van der Waals surface area contributed by atoms with Crippen LogP contribution in [0.25, 0.3) is 0 Å². The first-order valence-electron chi connectivity index (χ1n) is 4.24. The minimum Gasteiger partial charge on any atom is -0.302 e. The van der Waals surface area contributed by atoms with Crippen LogP contribution in [-0.4, -0.2) is 12.1 Å². The number of hydrogen-bond donors (Lipinski definition) is 0. The van der Waals surface area contributed by atoms with Crippen LogP contribution in [0.3, 0.4) is 0 Å². The van der Waals surface area contributed by atoms with E-state index in [2.05, 4.69) is 0 Å².